The highest BCUT2D eigenvalue weighted by Gasteiger charge is 2.16. The van der Waals surface area contributed by atoms with Crippen LogP contribution in [-0.2, 0) is 10.0 Å². The minimum Gasteiger partial charge on any atom is -0.290 e. The number of allylic oxidation sites excluding steroid dienone is 1. The third-order valence-corrected chi connectivity index (χ3v) is 2.55. The van der Waals surface area contributed by atoms with Gasteiger partial charge in [0, 0.05) is 18.8 Å². The Bertz CT molecular complexity index is 459. The molecule has 0 saturated carbocycles. The fraction of sp³-hybridized carbons (Fsp3) is 0.250. The van der Waals surface area contributed by atoms with Crippen molar-refractivity contribution in [2.24, 2.45) is 0 Å². The summed E-state index contributed by atoms with van der Waals surface area (Å²) >= 11 is 0. The van der Waals surface area contributed by atoms with Crippen LogP contribution in [0.2, 0.25) is 0 Å². The molecule has 1 heterocycles. The average molecular weight is 214 g/mol. The maximum Gasteiger partial charge on any atom is 0.237 e. The van der Waals surface area contributed by atoms with Crippen molar-refractivity contribution in [2.45, 2.75) is 6.42 Å². The Kier molecular flexibility index (Phi) is 2.85. The Morgan fingerprint density at radius 1 is 1.71 bits per heavy atom. The molecule has 0 aliphatic heterocycles. The fourth-order valence-electron chi connectivity index (χ4n) is 0.977. The minimum absolute atomic E-state index is 0.0759. The molecule has 0 spiro atoms. The summed E-state index contributed by atoms with van der Waals surface area (Å²) in [5.74, 6) is -0.442. The molecule has 0 bridgehead atoms. The quantitative estimate of drug-likeness (QED) is 0.539. The largest absolute Gasteiger partial charge is 0.290 e. The number of hydrogen-bond acceptors (Lipinski definition) is 4. The normalized spacial score (nSPS) is 11.2. The average Bonchev–Trinajstić information content (AvgIpc) is 2.50. The summed E-state index contributed by atoms with van der Waals surface area (Å²) in [4.78, 5) is 15.0. The second kappa shape index (κ2) is 3.75. The lowest BCUT2D eigenvalue weighted by Gasteiger charge is -2.02. The molecule has 1 aromatic rings. The highest BCUT2D eigenvalue weighted by atomic mass is 32.2. The summed E-state index contributed by atoms with van der Waals surface area (Å²) in [7, 11) is -3.45. The molecular weight excluding hydrogens is 204 g/mol. The van der Waals surface area contributed by atoms with E-state index in [-0.39, 0.29) is 18.0 Å². The van der Waals surface area contributed by atoms with Crippen molar-refractivity contribution in [3.8, 4) is 0 Å². The molecule has 1 rings (SSSR count). The van der Waals surface area contributed by atoms with Crippen molar-refractivity contribution >= 4 is 15.8 Å². The first-order chi connectivity index (χ1) is 6.46. The van der Waals surface area contributed by atoms with Gasteiger partial charge in [0.1, 0.15) is 0 Å². The number of carbonyl (C=O) groups excluding carboxylic acids is 1. The van der Waals surface area contributed by atoms with Gasteiger partial charge in [0.05, 0.1) is 6.26 Å². The van der Waals surface area contributed by atoms with Gasteiger partial charge >= 0.3 is 0 Å². The summed E-state index contributed by atoms with van der Waals surface area (Å²) in [6.45, 7) is 3.40. The second-order valence-electron chi connectivity index (χ2n) is 2.73. The molecule has 76 valence electrons. The van der Waals surface area contributed by atoms with Gasteiger partial charge in [-0.3, -0.25) is 4.79 Å². The zero-order valence-corrected chi connectivity index (χ0v) is 8.49. The van der Waals surface area contributed by atoms with Crippen molar-refractivity contribution in [1.29, 1.82) is 0 Å². The maximum absolute atomic E-state index is 11.4. The Labute approximate surface area is 82.1 Å². The smallest absolute Gasteiger partial charge is 0.237 e. The minimum atomic E-state index is -3.45. The van der Waals surface area contributed by atoms with Crippen LogP contribution in [0.4, 0.5) is 0 Å². The zero-order valence-electron chi connectivity index (χ0n) is 7.67. The number of aromatic nitrogens is 2. The number of carbonyl (C=O) groups is 1. The van der Waals surface area contributed by atoms with Gasteiger partial charge in [-0.15, -0.1) is 6.58 Å². The van der Waals surface area contributed by atoms with Crippen molar-refractivity contribution in [3.05, 3.63) is 30.9 Å². The molecule has 0 radical (unpaired) electrons. The van der Waals surface area contributed by atoms with Gasteiger partial charge in [-0.05, 0) is 0 Å². The summed E-state index contributed by atoms with van der Waals surface area (Å²) in [5.41, 5.74) is 0. The SMILES string of the molecule is C=CCC(=O)c1nccn1S(C)(=O)=O. The van der Waals surface area contributed by atoms with Crippen LogP contribution in [0.3, 0.4) is 0 Å². The van der Waals surface area contributed by atoms with E-state index in [0.29, 0.717) is 0 Å². The second-order valence-corrected chi connectivity index (χ2v) is 4.59. The molecule has 0 N–H and O–H groups in total. The number of nitrogens with zero attached hydrogens (tertiary/aromatic N) is 2. The monoisotopic (exact) mass is 214 g/mol. The van der Waals surface area contributed by atoms with E-state index in [0.717, 1.165) is 10.2 Å². The lowest BCUT2D eigenvalue weighted by Crippen LogP contribution is -2.16. The number of Topliss-reactive ketones (excluding diaryl/α,β-unsaturated/α-hetero) is 1. The van der Waals surface area contributed by atoms with E-state index >= 15 is 0 Å². The van der Waals surface area contributed by atoms with E-state index in [2.05, 4.69) is 11.6 Å². The van der Waals surface area contributed by atoms with Crippen LogP contribution in [0.5, 0.6) is 0 Å². The Morgan fingerprint density at radius 2 is 2.36 bits per heavy atom. The number of imidazole rings is 1. The van der Waals surface area contributed by atoms with E-state index in [1.165, 1.54) is 18.5 Å². The predicted octanol–water partition coefficient (Wildman–Crippen LogP) is 0.450. The molecule has 0 aromatic carbocycles. The first-order valence-electron chi connectivity index (χ1n) is 3.85. The third-order valence-electron chi connectivity index (χ3n) is 1.54. The van der Waals surface area contributed by atoms with Gasteiger partial charge in [0.15, 0.2) is 5.82 Å². The highest BCUT2D eigenvalue weighted by Crippen LogP contribution is 2.04. The van der Waals surface area contributed by atoms with Crippen molar-refractivity contribution in [3.63, 3.8) is 0 Å². The van der Waals surface area contributed by atoms with Crippen molar-refractivity contribution in [1.82, 2.24) is 8.96 Å². The lowest BCUT2D eigenvalue weighted by molar-refractivity contribution is 0.0985. The molecule has 0 saturated heterocycles. The Balaban J connectivity index is 3.18. The van der Waals surface area contributed by atoms with E-state index in [1.807, 2.05) is 0 Å². The van der Waals surface area contributed by atoms with Crippen LogP contribution < -0.4 is 0 Å². The van der Waals surface area contributed by atoms with Gasteiger partial charge in [-0.2, -0.15) is 0 Å². The molecule has 6 heteroatoms. The lowest BCUT2D eigenvalue weighted by atomic mass is 10.3. The number of rotatable bonds is 4. The van der Waals surface area contributed by atoms with E-state index in [1.54, 1.807) is 0 Å². The van der Waals surface area contributed by atoms with Gasteiger partial charge in [-0.25, -0.2) is 17.4 Å². The highest BCUT2D eigenvalue weighted by molar-refractivity contribution is 7.89. The fourth-order valence-corrected chi connectivity index (χ4v) is 1.72. The van der Waals surface area contributed by atoms with Crippen LogP contribution in [0.25, 0.3) is 0 Å². The standard InChI is InChI=1S/C8H10N2O3S/c1-3-4-7(11)8-9-5-6-10(8)14(2,12)13/h3,5-6H,1,4H2,2H3. The summed E-state index contributed by atoms with van der Waals surface area (Å²) < 4.78 is 23.2. The summed E-state index contributed by atoms with van der Waals surface area (Å²) in [6, 6.07) is 0. The van der Waals surface area contributed by atoms with Gasteiger partial charge in [0.2, 0.25) is 15.8 Å². The van der Waals surface area contributed by atoms with Crippen LogP contribution in [0.1, 0.15) is 17.0 Å². The van der Waals surface area contributed by atoms with E-state index < -0.39 is 10.0 Å². The Hall–Kier alpha value is -1.43. The molecule has 5 nitrogen and oxygen atoms in total. The van der Waals surface area contributed by atoms with Crippen LogP contribution in [-0.4, -0.2) is 29.4 Å². The molecule has 0 aliphatic rings. The Morgan fingerprint density at radius 3 is 2.86 bits per heavy atom. The molecule has 1 aromatic heterocycles. The third kappa shape index (κ3) is 2.08. The molecular formula is C8H10N2O3S. The molecule has 0 atom stereocenters. The van der Waals surface area contributed by atoms with Gasteiger partial charge in [-0.1, -0.05) is 6.08 Å². The number of ketones is 1. The van der Waals surface area contributed by atoms with Gasteiger partial charge in [0.25, 0.3) is 0 Å². The molecule has 0 fully saturated rings. The maximum atomic E-state index is 11.4. The topological polar surface area (TPSA) is 69.0 Å². The van der Waals surface area contributed by atoms with Crippen molar-refractivity contribution in [2.75, 3.05) is 6.26 Å². The first-order valence-corrected chi connectivity index (χ1v) is 5.69. The van der Waals surface area contributed by atoms with E-state index in [4.69, 9.17) is 0 Å². The van der Waals surface area contributed by atoms with Crippen molar-refractivity contribution < 1.29 is 13.2 Å². The molecule has 0 unspecified atom stereocenters. The van der Waals surface area contributed by atoms with Crippen LogP contribution in [0, 0.1) is 0 Å². The molecule has 0 aliphatic carbocycles. The van der Waals surface area contributed by atoms with Gasteiger partial charge < -0.3 is 0 Å². The van der Waals surface area contributed by atoms with Crippen LogP contribution in [0.15, 0.2) is 25.0 Å². The molecule has 0 amide bonds. The summed E-state index contributed by atoms with van der Waals surface area (Å²) in [5, 5.41) is 0. The van der Waals surface area contributed by atoms with Crippen LogP contribution >= 0.6 is 0 Å². The summed E-state index contributed by atoms with van der Waals surface area (Å²) in [6.07, 6.45) is 5.01. The van der Waals surface area contributed by atoms with E-state index in [9.17, 15) is 13.2 Å². The first kappa shape index (κ1) is 10.6. The predicted molar refractivity (Wildman–Crippen MR) is 51.6 cm³/mol. The molecule has 14 heavy (non-hydrogen) atoms. The number of hydrogen-bond donors (Lipinski definition) is 0. The zero-order chi connectivity index (χ0) is 10.8.